The molecule has 0 unspecified atom stereocenters. The number of rotatable bonds is 4. The van der Waals surface area contributed by atoms with Gasteiger partial charge in [-0.15, -0.1) is 5.10 Å². The van der Waals surface area contributed by atoms with Crippen molar-refractivity contribution in [3.8, 4) is 0 Å². The molecule has 0 aliphatic rings. The molecule has 5 nitrogen and oxygen atoms in total. The van der Waals surface area contributed by atoms with Gasteiger partial charge in [0.1, 0.15) is 0 Å². The minimum atomic E-state index is -0.236. The van der Waals surface area contributed by atoms with Crippen LogP contribution in [0.15, 0.2) is 29.4 Å². The Morgan fingerprint density at radius 1 is 1.24 bits per heavy atom. The second-order valence-corrected chi connectivity index (χ2v) is 7.34. The average Bonchev–Trinajstić information content (AvgIpc) is 2.87. The molecule has 0 saturated heterocycles. The molecule has 2 rings (SSSR count). The van der Waals surface area contributed by atoms with E-state index in [0.29, 0.717) is 5.16 Å². The third-order valence-electron chi connectivity index (χ3n) is 3.06. The summed E-state index contributed by atoms with van der Waals surface area (Å²) in [6, 6.07) is 7.62. The van der Waals surface area contributed by atoms with Gasteiger partial charge >= 0.3 is 0 Å². The molecule has 0 bridgehead atoms. The number of carbonyl (C=O) groups excluding carboxylic acids is 1. The third kappa shape index (κ3) is 3.69. The van der Waals surface area contributed by atoms with E-state index in [0.717, 1.165) is 11.1 Å². The van der Waals surface area contributed by atoms with Crippen molar-refractivity contribution in [3.63, 3.8) is 0 Å². The van der Waals surface area contributed by atoms with Crippen LogP contribution in [0.5, 0.6) is 0 Å². The molecule has 112 valence electrons. The van der Waals surface area contributed by atoms with Gasteiger partial charge in [-0.3, -0.25) is 4.79 Å². The lowest BCUT2D eigenvalue weighted by Crippen LogP contribution is -2.25. The molecule has 1 atom stereocenters. The summed E-state index contributed by atoms with van der Waals surface area (Å²) in [6.45, 7) is 9.97. The molecular weight excluding hydrogens is 284 g/mol. The highest BCUT2D eigenvalue weighted by atomic mass is 32.2. The van der Waals surface area contributed by atoms with Gasteiger partial charge in [0.15, 0.2) is 5.78 Å². The van der Waals surface area contributed by atoms with Gasteiger partial charge in [0.05, 0.1) is 10.8 Å². The first-order chi connectivity index (χ1) is 9.79. The van der Waals surface area contributed by atoms with Crippen LogP contribution in [0.3, 0.4) is 0 Å². The zero-order valence-electron chi connectivity index (χ0n) is 13.0. The van der Waals surface area contributed by atoms with E-state index in [1.54, 1.807) is 4.68 Å². The number of aryl methyl sites for hydroxylation is 1. The van der Waals surface area contributed by atoms with Crippen LogP contribution in [-0.4, -0.2) is 31.2 Å². The molecule has 1 heterocycles. The Balaban J connectivity index is 2.15. The van der Waals surface area contributed by atoms with E-state index in [2.05, 4.69) is 15.5 Å². The smallest absolute Gasteiger partial charge is 0.210 e. The van der Waals surface area contributed by atoms with Gasteiger partial charge in [-0.1, -0.05) is 41.6 Å². The maximum atomic E-state index is 12.4. The van der Waals surface area contributed by atoms with Gasteiger partial charge in [0, 0.05) is 5.56 Å². The fourth-order valence-electron chi connectivity index (χ4n) is 1.84. The summed E-state index contributed by atoms with van der Waals surface area (Å²) in [5, 5.41) is 12.2. The number of hydrogen-bond donors (Lipinski definition) is 0. The van der Waals surface area contributed by atoms with Crippen molar-refractivity contribution < 1.29 is 4.79 Å². The number of Topliss-reactive ketones (excluding diaryl/α,β-unsaturated/α-hetero) is 1. The maximum absolute atomic E-state index is 12.4. The predicted octanol–water partition coefficient (Wildman–Crippen LogP) is 3.10. The molecule has 1 aromatic heterocycles. The van der Waals surface area contributed by atoms with Crippen LogP contribution in [0.1, 0.15) is 43.6 Å². The summed E-state index contributed by atoms with van der Waals surface area (Å²) in [7, 11) is 0. The minimum Gasteiger partial charge on any atom is -0.293 e. The van der Waals surface area contributed by atoms with Gasteiger partial charge in [0.25, 0.3) is 0 Å². The fourth-order valence-corrected chi connectivity index (χ4v) is 2.89. The molecule has 0 aliphatic carbocycles. The highest BCUT2D eigenvalue weighted by Gasteiger charge is 2.24. The third-order valence-corrected chi connectivity index (χ3v) is 4.10. The highest BCUT2D eigenvalue weighted by Crippen LogP contribution is 2.26. The number of benzene rings is 1. The lowest BCUT2D eigenvalue weighted by atomic mass is 10.1. The number of carbonyl (C=O) groups is 1. The van der Waals surface area contributed by atoms with Crippen molar-refractivity contribution in [3.05, 3.63) is 35.4 Å². The summed E-state index contributed by atoms with van der Waals surface area (Å²) >= 11 is 1.39. The lowest BCUT2D eigenvalue weighted by Gasteiger charge is -2.20. The van der Waals surface area contributed by atoms with Gasteiger partial charge in [-0.2, -0.15) is 0 Å². The molecule has 21 heavy (non-hydrogen) atoms. The van der Waals surface area contributed by atoms with Crippen molar-refractivity contribution >= 4 is 17.5 Å². The van der Waals surface area contributed by atoms with Crippen LogP contribution in [0.2, 0.25) is 0 Å². The van der Waals surface area contributed by atoms with E-state index >= 15 is 0 Å². The van der Waals surface area contributed by atoms with Crippen LogP contribution in [0.4, 0.5) is 0 Å². The number of ketones is 1. The number of aromatic nitrogens is 4. The quantitative estimate of drug-likeness (QED) is 0.641. The second-order valence-electron chi connectivity index (χ2n) is 6.03. The summed E-state index contributed by atoms with van der Waals surface area (Å²) in [5.74, 6) is 0.0865. The van der Waals surface area contributed by atoms with E-state index in [9.17, 15) is 4.79 Å². The van der Waals surface area contributed by atoms with Crippen molar-refractivity contribution in [2.45, 2.75) is 50.6 Å². The Morgan fingerprint density at radius 3 is 2.43 bits per heavy atom. The molecule has 0 aliphatic heterocycles. The van der Waals surface area contributed by atoms with Crippen molar-refractivity contribution in [2.24, 2.45) is 0 Å². The molecular formula is C15H20N4OS. The van der Waals surface area contributed by atoms with E-state index in [-0.39, 0.29) is 16.6 Å². The van der Waals surface area contributed by atoms with Gasteiger partial charge in [-0.25, -0.2) is 4.68 Å². The average molecular weight is 304 g/mol. The lowest BCUT2D eigenvalue weighted by molar-refractivity contribution is 0.0993. The summed E-state index contributed by atoms with van der Waals surface area (Å²) in [4.78, 5) is 12.4. The zero-order valence-corrected chi connectivity index (χ0v) is 13.8. The van der Waals surface area contributed by atoms with Crippen molar-refractivity contribution in [1.29, 1.82) is 0 Å². The predicted molar refractivity (Wildman–Crippen MR) is 83.6 cm³/mol. The van der Waals surface area contributed by atoms with Crippen LogP contribution in [0.25, 0.3) is 0 Å². The fraction of sp³-hybridized carbons (Fsp3) is 0.467. The molecule has 0 amide bonds. The highest BCUT2D eigenvalue weighted by molar-refractivity contribution is 8.00. The SMILES string of the molecule is Cc1ccc(C(=O)[C@@H](C)Sc2nnnn2C(C)(C)C)cc1. The topological polar surface area (TPSA) is 60.7 Å². The summed E-state index contributed by atoms with van der Waals surface area (Å²) < 4.78 is 1.75. The van der Waals surface area contributed by atoms with Crippen molar-refractivity contribution in [1.82, 2.24) is 20.2 Å². The first-order valence-electron chi connectivity index (χ1n) is 6.85. The zero-order chi connectivity index (χ0) is 15.6. The van der Waals surface area contributed by atoms with Crippen LogP contribution < -0.4 is 0 Å². The standard InChI is InChI=1S/C15H20N4OS/c1-10-6-8-12(9-7-10)13(20)11(2)21-14-16-17-18-19(14)15(3,4)5/h6-9,11H,1-5H3/t11-/m1/s1. The molecule has 0 saturated carbocycles. The molecule has 0 fully saturated rings. The van der Waals surface area contributed by atoms with Crippen LogP contribution >= 0.6 is 11.8 Å². The molecule has 0 N–H and O–H groups in total. The number of hydrogen-bond acceptors (Lipinski definition) is 5. The van der Waals surface area contributed by atoms with Gasteiger partial charge < -0.3 is 0 Å². The Kier molecular flexibility index (Phi) is 4.46. The normalized spacial score (nSPS) is 13.2. The second kappa shape index (κ2) is 5.97. The Morgan fingerprint density at radius 2 is 1.86 bits per heavy atom. The maximum Gasteiger partial charge on any atom is 0.210 e. The van der Waals surface area contributed by atoms with Crippen molar-refractivity contribution in [2.75, 3.05) is 0 Å². The van der Waals surface area contributed by atoms with E-state index in [1.807, 2.05) is 58.9 Å². The minimum absolute atomic E-state index is 0.0865. The molecule has 6 heteroatoms. The van der Waals surface area contributed by atoms with E-state index in [1.165, 1.54) is 11.8 Å². The molecule has 0 spiro atoms. The number of thioether (sulfide) groups is 1. The Bertz CT molecular complexity index is 628. The van der Waals surface area contributed by atoms with Crippen LogP contribution in [-0.2, 0) is 5.54 Å². The monoisotopic (exact) mass is 304 g/mol. The molecule has 1 aromatic carbocycles. The largest absolute Gasteiger partial charge is 0.293 e. The summed E-state index contributed by atoms with van der Waals surface area (Å²) in [5.41, 5.74) is 1.65. The van der Waals surface area contributed by atoms with E-state index in [4.69, 9.17) is 0 Å². The summed E-state index contributed by atoms with van der Waals surface area (Å²) in [6.07, 6.45) is 0. The number of tetrazole rings is 1. The van der Waals surface area contributed by atoms with Gasteiger partial charge in [0.2, 0.25) is 5.16 Å². The first-order valence-corrected chi connectivity index (χ1v) is 7.73. The number of nitrogens with zero attached hydrogens (tertiary/aromatic N) is 4. The Labute approximate surface area is 129 Å². The molecule has 2 aromatic rings. The first kappa shape index (κ1) is 15.7. The molecule has 0 radical (unpaired) electrons. The van der Waals surface area contributed by atoms with Crippen LogP contribution in [0, 0.1) is 6.92 Å². The Hall–Kier alpha value is -1.69. The van der Waals surface area contributed by atoms with Gasteiger partial charge in [-0.05, 0) is 45.0 Å². The van der Waals surface area contributed by atoms with E-state index < -0.39 is 0 Å².